The molecule has 0 unspecified atom stereocenters. The summed E-state index contributed by atoms with van der Waals surface area (Å²) in [6.45, 7) is 0. The zero-order valence-corrected chi connectivity index (χ0v) is 13.1. The number of benzene rings is 1. The van der Waals surface area contributed by atoms with Crippen LogP contribution in [0.5, 0.6) is 0 Å². The highest BCUT2D eigenvalue weighted by Crippen LogP contribution is 2.27. The standard InChI is InChI=1S/C12H8BrClN4O4/c13-7-8(11(20)21)17-18(12(15)22)9(7)16-10(19)5-3-1-2-4-6(5)14/h1-4H,(H2,15,22)(H,16,19)(H,20,21). The molecule has 22 heavy (non-hydrogen) atoms. The fraction of sp³-hybridized carbons (Fsp3) is 0. The molecule has 1 aromatic carbocycles. The van der Waals surface area contributed by atoms with Gasteiger partial charge in [-0.15, -0.1) is 0 Å². The van der Waals surface area contributed by atoms with Gasteiger partial charge in [-0.2, -0.15) is 9.78 Å². The molecule has 0 saturated heterocycles. The monoisotopic (exact) mass is 386 g/mol. The van der Waals surface area contributed by atoms with E-state index in [1.807, 2.05) is 0 Å². The molecule has 0 fully saturated rings. The summed E-state index contributed by atoms with van der Waals surface area (Å²) in [6.07, 6.45) is 0. The maximum absolute atomic E-state index is 12.2. The number of hydrogen-bond acceptors (Lipinski definition) is 4. The summed E-state index contributed by atoms with van der Waals surface area (Å²) in [6, 6.07) is 5.17. The van der Waals surface area contributed by atoms with Crippen molar-refractivity contribution >= 4 is 51.3 Å². The summed E-state index contributed by atoms with van der Waals surface area (Å²) in [5.74, 6) is -2.24. The minimum atomic E-state index is -1.39. The zero-order chi connectivity index (χ0) is 16.4. The van der Waals surface area contributed by atoms with Crippen LogP contribution in [0.3, 0.4) is 0 Å². The average Bonchev–Trinajstić information content (AvgIpc) is 2.77. The second-order valence-corrected chi connectivity index (χ2v) is 5.20. The summed E-state index contributed by atoms with van der Waals surface area (Å²) in [4.78, 5) is 34.5. The topological polar surface area (TPSA) is 127 Å². The highest BCUT2D eigenvalue weighted by Gasteiger charge is 2.25. The van der Waals surface area contributed by atoms with Gasteiger partial charge in [0.15, 0.2) is 11.5 Å². The first-order valence-electron chi connectivity index (χ1n) is 5.70. The molecule has 0 aliphatic carbocycles. The molecule has 4 N–H and O–H groups in total. The van der Waals surface area contributed by atoms with E-state index in [4.69, 9.17) is 22.4 Å². The van der Waals surface area contributed by atoms with Gasteiger partial charge in [-0.25, -0.2) is 9.59 Å². The molecular weight excluding hydrogens is 380 g/mol. The number of rotatable bonds is 3. The van der Waals surface area contributed by atoms with Crippen LogP contribution in [0.1, 0.15) is 20.8 Å². The lowest BCUT2D eigenvalue weighted by Gasteiger charge is -2.07. The quantitative estimate of drug-likeness (QED) is 0.744. The number of aromatic carboxylic acids is 1. The Hall–Kier alpha value is -2.39. The first-order valence-corrected chi connectivity index (χ1v) is 6.87. The molecule has 1 aromatic heterocycles. The molecule has 0 spiro atoms. The summed E-state index contributed by atoms with van der Waals surface area (Å²) in [5, 5.41) is 15.1. The molecule has 0 aliphatic rings. The van der Waals surface area contributed by atoms with Crippen molar-refractivity contribution in [1.82, 2.24) is 9.78 Å². The molecule has 0 aliphatic heterocycles. The van der Waals surface area contributed by atoms with Gasteiger partial charge >= 0.3 is 12.0 Å². The molecule has 114 valence electrons. The molecule has 8 nitrogen and oxygen atoms in total. The van der Waals surface area contributed by atoms with Gasteiger partial charge in [0.05, 0.1) is 15.1 Å². The number of aromatic nitrogens is 2. The van der Waals surface area contributed by atoms with Crippen molar-refractivity contribution < 1.29 is 19.5 Å². The lowest BCUT2D eigenvalue weighted by Crippen LogP contribution is -2.25. The van der Waals surface area contributed by atoms with E-state index in [0.29, 0.717) is 4.68 Å². The third kappa shape index (κ3) is 2.95. The number of carboxylic acid groups (broad SMARTS) is 1. The normalized spacial score (nSPS) is 10.3. The fourth-order valence-electron chi connectivity index (χ4n) is 1.62. The summed E-state index contributed by atoms with van der Waals surface area (Å²) >= 11 is 8.87. The van der Waals surface area contributed by atoms with Gasteiger partial charge in [0.25, 0.3) is 5.91 Å². The first-order chi connectivity index (χ1) is 10.3. The second-order valence-electron chi connectivity index (χ2n) is 4.00. The van der Waals surface area contributed by atoms with Crippen LogP contribution in [0, 0.1) is 0 Å². The molecule has 0 atom stereocenters. The van der Waals surface area contributed by atoms with E-state index in [1.54, 1.807) is 12.1 Å². The number of carbonyl (C=O) groups excluding carboxylic acids is 2. The van der Waals surface area contributed by atoms with Crippen LogP contribution in [0.25, 0.3) is 0 Å². The average molecular weight is 388 g/mol. The van der Waals surface area contributed by atoms with Gasteiger partial charge in [-0.05, 0) is 28.1 Å². The van der Waals surface area contributed by atoms with Crippen LogP contribution in [0.4, 0.5) is 10.6 Å². The van der Waals surface area contributed by atoms with Gasteiger partial charge in [0.1, 0.15) is 0 Å². The largest absolute Gasteiger partial charge is 0.476 e. The third-order valence-corrected chi connectivity index (χ3v) is 3.67. The molecule has 2 rings (SSSR count). The Labute approximate surface area is 137 Å². The Balaban J connectivity index is 2.45. The lowest BCUT2D eigenvalue weighted by atomic mass is 10.2. The zero-order valence-electron chi connectivity index (χ0n) is 10.7. The maximum Gasteiger partial charge on any atom is 0.357 e. The number of primary amides is 1. The number of anilines is 1. The highest BCUT2D eigenvalue weighted by molar-refractivity contribution is 9.10. The van der Waals surface area contributed by atoms with E-state index in [2.05, 4.69) is 26.3 Å². The second kappa shape index (κ2) is 6.16. The van der Waals surface area contributed by atoms with Crippen LogP contribution in [0.15, 0.2) is 28.7 Å². The Kier molecular flexibility index (Phi) is 4.48. The van der Waals surface area contributed by atoms with Crippen LogP contribution < -0.4 is 11.1 Å². The van der Waals surface area contributed by atoms with Crippen molar-refractivity contribution in [2.45, 2.75) is 0 Å². The van der Waals surface area contributed by atoms with E-state index < -0.39 is 23.6 Å². The van der Waals surface area contributed by atoms with Gasteiger partial charge in [-0.3, -0.25) is 4.79 Å². The smallest absolute Gasteiger partial charge is 0.357 e. The van der Waals surface area contributed by atoms with E-state index in [-0.39, 0.29) is 20.9 Å². The molecule has 10 heteroatoms. The van der Waals surface area contributed by atoms with Gasteiger partial charge in [0, 0.05) is 0 Å². The number of carboxylic acids is 1. The van der Waals surface area contributed by atoms with E-state index in [9.17, 15) is 14.4 Å². The number of nitrogens with zero attached hydrogens (tertiary/aromatic N) is 2. The fourth-order valence-corrected chi connectivity index (χ4v) is 2.36. The van der Waals surface area contributed by atoms with Crippen molar-refractivity contribution in [2.24, 2.45) is 5.73 Å². The molecule has 0 bridgehead atoms. The summed E-state index contributed by atoms with van der Waals surface area (Å²) < 4.78 is 0.488. The van der Waals surface area contributed by atoms with Crippen LogP contribution in [0.2, 0.25) is 5.02 Å². The Morgan fingerprint density at radius 2 is 1.95 bits per heavy atom. The molecule has 2 aromatic rings. The molecular formula is C12H8BrClN4O4. The molecule has 0 saturated carbocycles. The number of amides is 2. The van der Waals surface area contributed by atoms with E-state index in [0.717, 1.165) is 0 Å². The van der Waals surface area contributed by atoms with Crippen molar-refractivity contribution in [2.75, 3.05) is 5.32 Å². The molecule has 0 radical (unpaired) electrons. The number of hydrogen-bond donors (Lipinski definition) is 3. The van der Waals surface area contributed by atoms with Gasteiger partial charge in [0.2, 0.25) is 0 Å². The SMILES string of the molecule is NC(=O)n1nc(C(=O)O)c(Br)c1NC(=O)c1ccccc1Cl. The Morgan fingerprint density at radius 3 is 2.50 bits per heavy atom. The van der Waals surface area contributed by atoms with Crippen LogP contribution in [-0.4, -0.2) is 32.8 Å². The molecule has 1 heterocycles. The van der Waals surface area contributed by atoms with Crippen LogP contribution in [-0.2, 0) is 0 Å². The van der Waals surface area contributed by atoms with Gasteiger partial charge < -0.3 is 16.2 Å². The number of nitrogens with two attached hydrogens (primary N) is 1. The minimum absolute atomic E-state index is 0.0841. The Bertz CT molecular complexity index is 789. The first kappa shape index (κ1) is 16.0. The number of carbonyl (C=O) groups is 3. The van der Waals surface area contributed by atoms with Crippen LogP contribution >= 0.6 is 27.5 Å². The van der Waals surface area contributed by atoms with E-state index >= 15 is 0 Å². The minimum Gasteiger partial charge on any atom is -0.476 e. The number of halogens is 2. The lowest BCUT2D eigenvalue weighted by molar-refractivity contribution is 0.0689. The molecule has 2 amide bonds. The number of nitrogens with one attached hydrogen (secondary N) is 1. The van der Waals surface area contributed by atoms with E-state index in [1.165, 1.54) is 12.1 Å². The van der Waals surface area contributed by atoms with Crippen molar-refractivity contribution in [3.8, 4) is 0 Å². The summed E-state index contributed by atoms with van der Waals surface area (Å²) in [7, 11) is 0. The predicted molar refractivity (Wildman–Crippen MR) is 81.3 cm³/mol. The van der Waals surface area contributed by atoms with Crippen molar-refractivity contribution in [1.29, 1.82) is 0 Å². The third-order valence-electron chi connectivity index (χ3n) is 2.59. The van der Waals surface area contributed by atoms with Gasteiger partial charge in [-0.1, -0.05) is 23.7 Å². The maximum atomic E-state index is 12.2. The highest BCUT2D eigenvalue weighted by atomic mass is 79.9. The summed E-state index contributed by atoms with van der Waals surface area (Å²) in [5.41, 5.74) is 4.79. The van der Waals surface area contributed by atoms with Crippen molar-refractivity contribution in [3.63, 3.8) is 0 Å². The Morgan fingerprint density at radius 1 is 1.32 bits per heavy atom. The van der Waals surface area contributed by atoms with Crippen molar-refractivity contribution in [3.05, 3.63) is 45.0 Å². The predicted octanol–water partition coefficient (Wildman–Crippen LogP) is 2.18.